The molecule has 1 heterocycles. The fraction of sp³-hybridized carbons (Fsp3) is 0.429. The molecule has 1 aromatic carbocycles. The van der Waals surface area contributed by atoms with Crippen LogP contribution in [0.3, 0.4) is 0 Å². The number of benzene rings is 1. The van der Waals surface area contributed by atoms with Gasteiger partial charge in [0.1, 0.15) is 15.7 Å². The number of hydrogen-bond donors (Lipinski definition) is 0. The smallest absolute Gasteiger partial charge is 0.148 e. The molecule has 0 fully saturated rings. The molecular weight excluding hydrogens is 279 g/mol. The summed E-state index contributed by atoms with van der Waals surface area (Å²) in [5.74, 6) is -0.0900. The lowest BCUT2D eigenvalue weighted by atomic mass is 10.2. The Morgan fingerprint density at radius 2 is 2.00 bits per heavy atom. The number of rotatable bonds is 6. The maximum absolute atomic E-state index is 13.3. The maximum Gasteiger partial charge on any atom is 0.148 e. The molecule has 0 aliphatic rings. The van der Waals surface area contributed by atoms with Crippen molar-refractivity contribution in [2.75, 3.05) is 32.1 Å². The first-order chi connectivity index (χ1) is 9.35. The van der Waals surface area contributed by atoms with E-state index in [1.54, 1.807) is 6.07 Å². The molecule has 0 saturated carbocycles. The van der Waals surface area contributed by atoms with E-state index in [2.05, 4.69) is 0 Å². The largest absolute Gasteiger partial charge is 0.346 e. The molecule has 0 saturated heterocycles. The van der Waals surface area contributed by atoms with Gasteiger partial charge in [-0.15, -0.1) is 0 Å². The van der Waals surface area contributed by atoms with Gasteiger partial charge in [-0.25, -0.2) is 12.8 Å². The highest BCUT2D eigenvalue weighted by Crippen LogP contribution is 2.16. The summed E-state index contributed by atoms with van der Waals surface area (Å²) < 4.78 is 37.5. The Kier molecular flexibility index (Phi) is 4.45. The Morgan fingerprint density at radius 1 is 1.25 bits per heavy atom. The number of nitrogens with zero attached hydrogens (tertiary/aromatic N) is 2. The molecule has 6 heteroatoms. The van der Waals surface area contributed by atoms with Crippen LogP contribution in [0, 0.1) is 5.82 Å². The second-order valence-electron chi connectivity index (χ2n) is 5.15. The van der Waals surface area contributed by atoms with Gasteiger partial charge in [0.2, 0.25) is 0 Å². The van der Waals surface area contributed by atoms with Crippen LogP contribution in [0.25, 0.3) is 10.9 Å². The third-order valence-electron chi connectivity index (χ3n) is 3.30. The number of aromatic nitrogens is 1. The molecule has 110 valence electrons. The third kappa shape index (κ3) is 4.05. The Bertz CT molecular complexity index is 694. The van der Waals surface area contributed by atoms with Gasteiger partial charge < -0.3 is 9.47 Å². The van der Waals surface area contributed by atoms with Crippen molar-refractivity contribution in [1.29, 1.82) is 0 Å². The van der Waals surface area contributed by atoms with E-state index in [1.807, 2.05) is 28.8 Å². The highest BCUT2D eigenvalue weighted by atomic mass is 32.2. The molecule has 0 spiro atoms. The topological polar surface area (TPSA) is 42.3 Å². The summed E-state index contributed by atoms with van der Waals surface area (Å²) in [6.07, 6.45) is 3.16. The summed E-state index contributed by atoms with van der Waals surface area (Å²) >= 11 is 0. The predicted octanol–water partition coefficient (Wildman–Crippen LogP) is 1.76. The van der Waals surface area contributed by atoms with Crippen LogP contribution in [-0.2, 0) is 16.4 Å². The molecule has 2 rings (SSSR count). The predicted molar refractivity (Wildman–Crippen MR) is 79.1 cm³/mol. The summed E-state index contributed by atoms with van der Waals surface area (Å²) in [7, 11) is -1.04. The van der Waals surface area contributed by atoms with E-state index < -0.39 is 9.84 Å². The van der Waals surface area contributed by atoms with Crippen molar-refractivity contribution in [1.82, 2.24) is 9.47 Å². The van der Waals surface area contributed by atoms with Gasteiger partial charge in [0.05, 0.1) is 11.3 Å². The number of likely N-dealkylation sites (N-methyl/N-ethyl adjacent to an activating group) is 1. The lowest BCUT2D eigenvalue weighted by Crippen LogP contribution is -2.28. The van der Waals surface area contributed by atoms with Crippen LogP contribution in [0.15, 0.2) is 30.5 Å². The molecule has 1 aromatic heterocycles. The second kappa shape index (κ2) is 5.93. The number of halogens is 1. The first-order valence-electron chi connectivity index (χ1n) is 6.46. The highest BCUT2D eigenvalue weighted by molar-refractivity contribution is 7.90. The lowest BCUT2D eigenvalue weighted by Gasteiger charge is -2.16. The molecule has 0 radical (unpaired) electrons. The Hall–Kier alpha value is -1.40. The normalized spacial score (nSPS) is 12.4. The van der Waals surface area contributed by atoms with Gasteiger partial charge in [-0.2, -0.15) is 0 Å². The van der Waals surface area contributed by atoms with Gasteiger partial charge >= 0.3 is 0 Å². The van der Waals surface area contributed by atoms with Crippen molar-refractivity contribution in [2.45, 2.75) is 6.54 Å². The van der Waals surface area contributed by atoms with Crippen LogP contribution in [0.2, 0.25) is 0 Å². The summed E-state index contributed by atoms with van der Waals surface area (Å²) in [4.78, 5) is 1.96. The van der Waals surface area contributed by atoms with Gasteiger partial charge in [0, 0.05) is 32.1 Å². The fourth-order valence-corrected chi connectivity index (χ4v) is 2.71. The van der Waals surface area contributed by atoms with Crippen LogP contribution < -0.4 is 0 Å². The van der Waals surface area contributed by atoms with Crippen molar-refractivity contribution < 1.29 is 12.8 Å². The summed E-state index contributed by atoms with van der Waals surface area (Å²) in [5, 5.41) is 1.00. The zero-order valence-electron chi connectivity index (χ0n) is 11.7. The Labute approximate surface area is 118 Å². The average molecular weight is 298 g/mol. The highest BCUT2D eigenvalue weighted by Gasteiger charge is 2.07. The first-order valence-corrected chi connectivity index (χ1v) is 8.52. The minimum Gasteiger partial charge on any atom is -0.346 e. The van der Waals surface area contributed by atoms with Gasteiger partial charge in [-0.3, -0.25) is 0 Å². The quantitative estimate of drug-likeness (QED) is 0.816. The van der Waals surface area contributed by atoms with E-state index in [0.29, 0.717) is 13.1 Å². The third-order valence-corrected chi connectivity index (χ3v) is 4.23. The van der Waals surface area contributed by atoms with Gasteiger partial charge in [0.25, 0.3) is 0 Å². The van der Waals surface area contributed by atoms with Crippen LogP contribution in [-0.4, -0.2) is 50.0 Å². The average Bonchev–Trinajstić information content (AvgIpc) is 2.75. The van der Waals surface area contributed by atoms with Gasteiger partial charge in [-0.05, 0) is 36.7 Å². The van der Waals surface area contributed by atoms with Crippen molar-refractivity contribution in [3.63, 3.8) is 0 Å². The van der Waals surface area contributed by atoms with E-state index >= 15 is 0 Å². The number of hydrogen-bond acceptors (Lipinski definition) is 3. The molecule has 2 aromatic rings. The maximum atomic E-state index is 13.3. The molecule has 0 aliphatic carbocycles. The number of sulfone groups is 1. The monoisotopic (exact) mass is 298 g/mol. The molecule has 0 bridgehead atoms. The van der Waals surface area contributed by atoms with E-state index in [-0.39, 0.29) is 11.6 Å². The fourth-order valence-electron chi connectivity index (χ4n) is 2.06. The van der Waals surface area contributed by atoms with E-state index in [4.69, 9.17) is 0 Å². The standard InChI is InChI=1S/C14H19FN2O2S/c1-16(9-10-20(2,18)19)7-8-17-6-5-12-3-4-13(15)11-14(12)17/h3-6,11H,7-10H2,1-2H3. The molecule has 0 unspecified atom stereocenters. The molecule has 0 amide bonds. The minimum absolute atomic E-state index is 0.157. The molecule has 0 aliphatic heterocycles. The van der Waals surface area contributed by atoms with Crippen molar-refractivity contribution in [3.8, 4) is 0 Å². The summed E-state index contributed by atoms with van der Waals surface area (Å²) in [6, 6.07) is 6.68. The molecular formula is C14H19FN2O2S. The Balaban J connectivity index is 1.97. The van der Waals surface area contributed by atoms with E-state index in [0.717, 1.165) is 17.4 Å². The van der Waals surface area contributed by atoms with Crippen LogP contribution >= 0.6 is 0 Å². The molecule has 4 nitrogen and oxygen atoms in total. The molecule has 20 heavy (non-hydrogen) atoms. The van der Waals surface area contributed by atoms with Crippen LogP contribution in [0.4, 0.5) is 4.39 Å². The summed E-state index contributed by atoms with van der Waals surface area (Å²) in [5.41, 5.74) is 0.863. The van der Waals surface area contributed by atoms with E-state index in [9.17, 15) is 12.8 Å². The van der Waals surface area contributed by atoms with Crippen LogP contribution in [0.5, 0.6) is 0 Å². The zero-order chi connectivity index (χ0) is 14.8. The van der Waals surface area contributed by atoms with Crippen molar-refractivity contribution in [3.05, 3.63) is 36.3 Å². The van der Waals surface area contributed by atoms with Crippen molar-refractivity contribution in [2.24, 2.45) is 0 Å². The lowest BCUT2D eigenvalue weighted by molar-refractivity contribution is 0.338. The second-order valence-corrected chi connectivity index (χ2v) is 7.41. The minimum atomic E-state index is -2.93. The van der Waals surface area contributed by atoms with Gasteiger partial charge in [-0.1, -0.05) is 0 Å². The van der Waals surface area contributed by atoms with E-state index in [1.165, 1.54) is 18.4 Å². The Morgan fingerprint density at radius 3 is 2.70 bits per heavy atom. The van der Waals surface area contributed by atoms with Gasteiger partial charge in [0.15, 0.2) is 0 Å². The van der Waals surface area contributed by atoms with Crippen LogP contribution in [0.1, 0.15) is 0 Å². The zero-order valence-corrected chi connectivity index (χ0v) is 12.5. The van der Waals surface area contributed by atoms with Crippen molar-refractivity contribution >= 4 is 20.7 Å². The molecule has 0 N–H and O–H groups in total. The molecule has 0 atom stereocenters. The number of fused-ring (bicyclic) bond motifs is 1. The summed E-state index contributed by atoms with van der Waals surface area (Å²) in [6.45, 7) is 1.93. The first kappa shape index (κ1) is 15.0. The SMILES string of the molecule is CN(CCn1ccc2ccc(F)cc21)CCS(C)(=O)=O.